The van der Waals surface area contributed by atoms with Crippen LogP contribution >= 0.6 is 0 Å². The van der Waals surface area contributed by atoms with E-state index in [2.05, 4.69) is 0 Å². The summed E-state index contributed by atoms with van der Waals surface area (Å²) in [6.45, 7) is 3.56. The third kappa shape index (κ3) is 3.20. The summed E-state index contributed by atoms with van der Waals surface area (Å²) in [6.07, 6.45) is 0. The van der Waals surface area contributed by atoms with Gasteiger partial charge in [0.2, 0.25) is 10.0 Å². The zero-order valence-corrected chi connectivity index (χ0v) is 13.9. The summed E-state index contributed by atoms with van der Waals surface area (Å²) in [6, 6.07) is 3.63. The molecule has 1 heterocycles. The highest BCUT2D eigenvalue weighted by atomic mass is 32.2. The first-order chi connectivity index (χ1) is 10.7. The molecule has 2 rings (SSSR count). The van der Waals surface area contributed by atoms with Gasteiger partial charge in [0, 0.05) is 25.2 Å². The maximum atomic E-state index is 12.7. The Bertz CT molecular complexity index is 746. The molecule has 1 saturated heterocycles. The van der Waals surface area contributed by atoms with Gasteiger partial charge in [-0.2, -0.15) is 4.31 Å². The average Bonchev–Trinajstić information content (AvgIpc) is 2.88. The third-order valence-electron chi connectivity index (χ3n) is 4.07. The molecule has 0 saturated carbocycles. The Kier molecular flexibility index (Phi) is 4.71. The number of methoxy groups -OCH3 is 1. The number of aryl methyl sites for hydroxylation is 1. The van der Waals surface area contributed by atoms with E-state index in [-0.39, 0.29) is 29.6 Å². The lowest BCUT2D eigenvalue weighted by molar-refractivity contribution is -0.385. The highest BCUT2D eigenvalue weighted by Gasteiger charge is 2.41. The number of esters is 1. The van der Waals surface area contributed by atoms with Gasteiger partial charge in [-0.15, -0.1) is 0 Å². The smallest absolute Gasteiger partial charge is 0.310 e. The lowest BCUT2D eigenvalue weighted by atomic mass is 9.99. The van der Waals surface area contributed by atoms with Gasteiger partial charge in [0.25, 0.3) is 5.69 Å². The molecule has 0 N–H and O–H groups in total. The van der Waals surface area contributed by atoms with Crippen LogP contribution in [0.15, 0.2) is 23.1 Å². The second-order valence-electron chi connectivity index (χ2n) is 5.64. The van der Waals surface area contributed by atoms with Gasteiger partial charge in [-0.05, 0) is 24.5 Å². The van der Waals surface area contributed by atoms with E-state index in [1.807, 2.05) is 0 Å². The van der Waals surface area contributed by atoms with Crippen LogP contribution in [0.25, 0.3) is 0 Å². The molecule has 0 radical (unpaired) electrons. The van der Waals surface area contributed by atoms with Crippen molar-refractivity contribution in [1.29, 1.82) is 0 Å². The van der Waals surface area contributed by atoms with Crippen molar-refractivity contribution in [3.05, 3.63) is 33.9 Å². The maximum Gasteiger partial charge on any atom is 0.310 e. The van der Waals surface area contributed by atoms with E-state index in [1.54, 1.807) is 6.92 Å². The predicted molar refractivity (Wildman–Crippen MR) is 81.3 cm³/mol. The fourth-order valence-corrected chi connectivity index (χ4v) is 4.52. The number of ether oxygens (including phenoxy) is 1. The number of hydrogen-bond acceptors (Lipinski definition) is 6. The van der Waals surface area contributed by atoms with Crippen molar-refractivity contribution in [1.82, 2.24) is 4.31 Å². The van der Waals surface area contributed by atoms with Crippen molar-refractivity contribution in [3.63, 3.8) is 0 Å². The molecule has 1 aromatic carbocycles. The first-order valence-electron chi connectivity index (χ1n) is 7.01. The summed E-state index contributed by atoms with van der Waals surface area (Å²) in [5, 5.41) is 10.8. The van der Waals surface area contributed by atoms with Crippen LogP contribution in [0.2, 0.25) is 0 Å². The molecule has 0 aromatic heterocycles. The normalized spacial score (nSPS) is 22.0. The Hall–Kier alpha value is -2.00. The van der Waals surface area contributed by atoms with E-state index in [1.165, 1.54) is 30.5 Å². The number of non-ortho nitro benzene ring substituents is 1. The maximum absolute atomic E-state index is 12.7. The predicted octanol–water partition coefficient (Wildman–Crippen LogP) is 1.33. The molecular weight excluding hydrogens is 324 g/mol. The summed E-state index contributed by atoms with van der Waals surface area (Å²) in [5.74, 6) is -1.10. The highest BCUT2D eigenvalue weighted by molar-refractivity contribution is 7.89. The van der Waals surface area contributed by atoms with E-state index >= 15 is 0 Å². The molecule has 23 heavy (non-hydrogen) atoms. The number of nitrogens with zero attached hydrogens (tertiary/aromatic N) is 2. The molecular formula is C14H18N2O6S. The Labute approximate surface area is 134 Å². The van der Waals surface area contributed by atoms with Crippen molar-refractivity contribution in [2.75, 3.05) is 20.2 Å². The zero-order valence-electron chi connectivity index (χ0n) is 13.1. The molecule has 0 aliphatic carbocycles. The topological polar surface area (TPSA) is 107 Å². The molecule has 0 spiro atoms. The van der Waals surface area contributed by atoms with Crippen LogP contribution < -0.4 is 0 Å². The monoisotopic (exact) mass is 342 g/mol. The average molecular weight is 342 g/mol. The van der Waals surface area contributed by atoms with Crippen LogP contribution in [0, 0.1) is 28.9 Å². The van der Waals surface area contributed by atoms with E-state index in [0.29, 0.717) is 5.56 Å². The van der Waals surface area contributed by atoms with Gasteiger partial charge >= 0.3 is 5.97 Å². The molecule has 1 fully saturated rings. The summed E-state index contributed by atoms with van der Waals surface area (Å²) < 4.78 is 31.4. The van der Waals surface area contributed by atoms with E-state index < -0.39 is 26.8 Å². The zero-order chi connectivity index (χ0) is 17.4. The van der Waals surface area contributed by atoms with Gasteiger partial charge in [-0.3, -0.25) is 14.9 Å². The summed E-state index contributed by atoms with van der Waals surface area (Å²) in [4.78, 5) is 21.9. The van der Waals surface area contributed by atoms with E-state index in [4.69, 9.17) is 4.74 Å². The van der Waals surface area contributed by atoms with E-state index in [0.717, 1.165) is 6.07 Å². The fourth-order valence-electron chi connectivity index (χ4n) is 2.75. The van der Waals surface area contributed by atoms with Crippen molar-refractivity contribution in [2.24, 2.45) is 11.8 Å². The minimum absolute atomic E-state index is 0.0146. The number of sulfonamides is 1. The van der Waals surface area contributed by atoms with Crippen LogP contribution in [0.3, 0.4) is 0 Å². The van der Waals surface area contributed by atoms with Crippen LogP contribution in [-0.2, 0) is 19.6 Å². The molecule has 0 amide bonds. The molecule has 1 aliphatic heterocycles. The molecule has 126 valence electrons. The molecule has 1 aromatic rings. The number of rotatable bonds is 4. The van der Waals surface area contributed by atoms with Crippen molar-refractivity contribution < 1.29 is 22.9 Å². The van der Waals surface area contributed by atoms with Gasteiger partial charge in [0.15, 0.2) is 0 Å². The summed E-state index contributed by atoms with van der Waals surface area (Å²) >= 11 is 0. The summed E-state index contributed by atoms with van der Waals surface area (Å²) in [5.41, 5.74) is 0.136. The van der Waals surface area contributed by atoms with Crippen LogP contribution in [0.4, 0.5) is 5.69 Å². The number of carbonyl (C=O) groups is 1. The second-order valence-corrected chi connectivity index (χ2v) is 7.54. The first kappa shape index (κ1) is 17.4. The van der Waals surface area contributed by atoms with Crippen molar-refractivity contribution >= 4 is 21.7 Å². The number of hydrogen-bond donors (Lipinski definition) is 0. The van der Waals surface area contributed by atoms with Gasteiger partial charge in [-0.25, -0.2) is 8.42 Å². The lowest BCUT2D eigenvalue weighted by Crippen LogP contribution is -2.30. The van der Waals surface area contributed by atoms with Crippen LogP contribution in [0.5, 0.6) is 0 Å². The SMILES string of the molecule is COC(=O)[C@@H]1CN(S(=O)(=O)c2ccc([N+](=O)[O-])cc2C)C[C@H]1C. The van der Waals surface area contributed by atoms with Crippen molar-refractivity contribution in [3.8, 4) is 0 Å². The molecule has 0 unspecified atom stereocenters. The quantitative estimate of drug-likeness (QED) is 0.464. The van der Waals surface area contributed by atoms with Gasteiger partial charge in [0.05, 0.1) is 22.8 Å². The third-order valence-corrected chi connectivity index (χ3v) is 6.06. The Morgan fingerprint density at radius 3 is 2.57 bits per heavy atom. The molecule has 9 heteroatoms. The fraction of sp³-hybridized carbons (Fsp3) is 0.500. The molecule has 2 atom stereocenters. The Morgan fingerprint density at radius 1 is 1.39 bits per heavy atom. The standard InChI is InChI=1S/C14H18N2O6S/c1-9-6-11(16(18)19)4-5-13(9)23(20,21)15-7-10(2)12(8-15)14(17)22-3/h4-6,10,12H,7-8H2,1-3H3/t10-,12-/m1/s1. The largest absolute Gasteiger partial charge is 0.469 e. The minimum Gasteiger partial charge on any atom is -0.469 e. The Morgan fingerprint density at radius 2 is 2.04 bits per heavy atom. The lowest BCUT2D eigenvalue weighted by Gasteiger charge is -2.17. The molecule has 8 nitrogen and oxygen atoms in total. The van der Waals surface area contributed by atoms with Crippen molar-refractivity contribution in [2.45, 2.75) is 18.7 Å². The minimum atomic E-state index is -3.82. The van der Waals surface area contributed by atoms with Gasteiger partial charge in [-0.1, -0.05) is 6.92 Å². The summed E-state index contributed by atoms with van der Waals surface area (Å²) in [7, 11) is -2.55. The Balaban J connectivity index is 2.33. The van der Waals surface area contributed by atoms with Gasteiger partial charge < -0.3 is 4.74 Å². The van der Waals surface area contributed by atoms with Crippen LogP contribution in [0.1, 0.15) is 12.5 Å². The number of carbonyl (C=O) groups excluding carboxylic acids is 1. The number of nitro benzene ring substituents is 1. The molecule has 1 aliphatic rings. The number of nitro groups is 1. The van der Waals surface area contributed by atoms with E-state index in [9.17, 15) is 23.3 Å². The highest BCUT2D eigenvalue weighted by Crippen LogP contribution is 2.31. The second kappa shape index (κ2) is 6.25. The first-order valence-corrected chi connectivity index (χ1v) is 8.45. The van der Waals surface area contributed by atoms with Gasteiger partial charge in [0.1, 0.15) is 0 Å². The molecule has 0 bridgehead atoms. The number of benzene rings is 1. The van der Waals surface area contributed by atoms with Crippen LogP contribution in [-0.4, -0.2) is 43.8 Å².